The Morgan fingerprint density at radius 2 is 1.19 bits per heavy atom. The lowest BCUT2D eigenvalue weighted by Gasteiger charge is -2.50. The van der Waals surface area contributed by atoms with E-state index in [4.69, 9.17) is 11.1 Å². The molecule has 2 saturated heterocycles. The fourth-order valence-electron chi connectivity index (χ4n) is 12.7. The van der Waals surface area contributed by atoms with Crippen LogP contribution in [0.4, 0.5) is 32.0 Å². The van der Waals surface area contributed by atoms with Gasteiger partial charge in [0.25, 0.3) is 0 Å². The Morgan fingerprint density at radius 1 is 0.614 bits per heavy atom. The summed E-state index contributed by atoms with van der Waals surface area (Å²) in [6, 6.07) is 48.9. The maximum Gasteiger partial charge on any atom is 0.416 e. The molecule has 2 atom stereocenters. The van der Waals surface area contributed by atoms with Gasteiger partial charge < -0.3 is 9.80 Å². The van der Waals surface area contributed by atoms with E-state index in [1.807, 2.05) is 42.5 Å². The first-order valence-electron chi connectivity index (χ1n) is 24.5. The summed E-state index contributed by atoms with van der Waals surface area (Å²) < 4.78 is 85.2. The smallest absolute Gasteiger partial charge is 0.368 e. The number of halogens is 6. The summed E-state index contributed by atoms with van der Waals surface area (Å²) in [5.41, 5.74) is 19.7. The van der Waals surface area contributed by atoms with Crippen LogP contribution in [0, 0.1) is 0 Å². The van der Waals surface area contributed by atoms with Crippen LogP contribution in [0.5, 0.6) is 0 Å². The number of hydrogen-bond acceptors (Lipinski definition) is 2. The van der Waals surface area contributed by atoms with E-state index in [1.165, 1.54) is 44.5 Å². The van der Waals surface area contributed by atoms with Crippen LogP contribution in [0.15, 0.2) is 152 Å². The minimum atomic E-state index is -4.94. The number of anilines is 1. The molecule has 2 aliphatic heterocycles. The molecule has 11 rings (SSSR count). The van der Waals surface area contributed by atoms with Gasteiger partial charge in [-0.15, -0.1) is 0 Å². The lowest BCUT2D eigenvalue weighted by molar-refractivity contribution is -0.143. The lowest BCUT2D eigenvalue weighted by Crippen LogP contribution is -2.54. The van der Waals surface area contributed by atoms with E-state index >= 15 is 0 Å². The first-order valence-corrected chi connectivity index (χ1v) is 24.5. The summed E-state index contributed by atoms with van der Waals surface area (Å²) in [4.78, 5) is 5.14. The van der Waals surface area contributed by atoms with Crippen LogP contribution < -0.4 is 16.0 Å². The van der Waals surface area contributed by atoms with Crippen LogP contribution in [0.2, 0.25) is 0 Å². The Balaban J connectivity index is 0.948. The van der Waals surface area contributed by atoms with Gasteiger partial charge in [0.1, 0.15) is 0 Å². The molecule has 0 spiro atoms. The van der Waals surface area contributed by atoms with E-state index in [2.05, 4.69) is 101 Å². The molecular weight excluding hydrogens is 891 g/mol. The highest BCUT2D eigenvalue weighted by Gasteiger charge is 2.44. The number of rotatable bonds is 10. The van der Waals surface area contributed by atoms with E-state index in [0.717, 1.165) is 97.3 Å². The highest BCUT2D eigenvalue weighted by Crippen LogP contribution is 2.50. The molecule has 2 heterocycles. The van der Waals surface area contributed by atoms with Crippen molar-refractivity contribution in [2.45, 2.75) is 87.6 Å². The molecule has 2 aliphatic carbocycles. The van der Waals surface area contributed by atoms with Crippen molar-refractivity contribution in [3.8, 4) is 22.3 Å². The maximum absolute atomic E-state index is 14.2. The van der Waals surface area contributed by atoms with Gasteiger partial charge >= 0.3 is 12.4 Å². The average Bonchev–Trinajstić information content (AvgIpc) is 3.93. The van der Waals surface area contributed by atoms with Crippen LogP contribution in [0.25, 0.3) is 22.3 Å². The van der Waals surface area contributed by atoms with Crippen molar-refractivity contribution in [2.75, 3.05) is 24.5 Å². The zero-order chi connectivity index (χ0) is 48.4. The monoisotopic (exact) mass is 945 g/mol. The van der Waals surface area contributed by atoms with Gasteiger partial charge in [-0.3, -0.25) is 11.1 Å². The first kappa shape index (κ1) is 45.8. The molecule has 4 aliphatic rings. The maximum atomic E-state index is 14.2. The molecule has 2 unspecified atom stereocenters. The molecule has 0 amide bonds. The summed E-state index contributed by atoms with van der Waals surface area (Å²) >= 11 is 0. The second kappa shape index (κ2) is 17.9. The zero-order valence-corrected chi connectivity index (χ0v) is 38.9. The number of benzene rings is 7. The van der Waals surface area contributed by atoms with Gasteiger partial charge in [0.05, 0.1) is 17.5 Å². The minimum Gasteiger partial charge on any atom is -0.368 e. The second-order valence-corrected chi connectivity index (χ2v) is 19.9. The quantitative estimate of drug-likeness (QED) is 0.0816. The fourth-order valence-corrected chi connectivity index (χ4v) is 12.7. The van der Waals surface area contributed by atoms with E-state index < -0.39 is 23.5 Å². The number of fused-ring (bicyclic) bond motifs is 6. The predicted molar refractivity (Wildman–Crippen MR) is 266 cm³/mol. The third-order valence-electron chi connectivity index (χ3n) is 15.9. The largest absolute Gasteiger partial charge is 0.416 e. The van der Waals surface area contributed by atoms with Gasteiger partial charge in [-0.1, -0.05) is 133 Å². The predicted octanol–water partition coefficient (Wildman–Crippen LogP) is 11.8. The van der Waals surface area contributed by atoms with Crippen molar-refractivity contribution < 1.29 is 31.8 Å². The normalized spacial score (nSPS) is 18.5. The Bertz CT molecular complexity index is 3070. The van der Waals surface area contributed by atoms with Crippen LogP contribution in [-0.4, -0.2) is 42.5 Å². The lowest BCUT2D eigenvalue weighted by atomic mass is 9.65. The Morgan fingerprint density at radius 3 is 1.81 bits per heavy atom. The third kappa shape index (κ3) is 8.48. The van der Waals surface area contributed by atoms with Crippen LogP contribution in [-0.2, 0) is 49.9 Å². The second-order valence-electron chi connectivity index (χ2n) is 19.9. The molecule has 4 nitrogen and oxygen atoms in total. The highest BCUT2D eigenvalue weighted by atomic mass is 19.4. The Kier molecular flexibility index (Phi) is 11.7. The molecule has 0 radical (unpaired) electrons. The minimum absolute atomic E-state index is 0.00354. The van der Waals surface area contributed by atoms with Gasteiger partial charge in [0.15, 0.2) is 0 Å². The third-order valence-corrected chi connectivity index (χ3v) is 15.9. The SMILES string of the molecule is NC(=[NH2+])Cc1c(C2(c3ccccc3)CCN(C3CCN(c4c(Cc5cc(C(F)(F)F)cc(C(F)(F)F)c5)ccc5c4Cc4ccccc4-5)C(Cc4ccccc4)C3)CC2)ccc2c1Cc1ccccc1-2. The van der Waals surface area contributed by atoms with Crippen molar-refractivity contribution in [1.29, 1.82) is 0 Å². The number of hydrogen-bond donors (Lipinski definition) is 2. The molecule has 0 aromatic heterocycles. The summed E-state index contributed by atoms with van der Waals surface area (Å²) in [5.74, 6) is 0.402. The van der Waals surface area contributed by atoms with Crippen LogP contribution in [0.1, 0.15) is 92.4 Å². The van der Waals surface area contributed by atoms with Crippen molar-refractivity contribution in [3.63, 3.8) is 0 Å². The summed E-state index contributed by atoms with van der Waals surface area (Å²) in [6.07, 6.45) is -3.78. The fraction of sp³-hybridized carbons (Fsp3) is 0.283. The number of alkyl halides is 6. The number of piperidine rings is 2. The molecule has 7 aromatic rings. The molecule has 2 fully saturated rings. The summed E-state index contributed by atoms with van der Waals surface area (Å²) in [7, 11) is 0. The standard InChI is InChI=1S/C60H54F6N4/c61-59(62,63)44-30-39(31-45(35-44)60(64,65)66)29-42-19-20-51-49-18-10-8-14-41(49)34-54(51)57(42)70-26-23-46(36-47(70)32-38-11-3-1-4-12-38)69-27-24-58(25-28-69,43-15-5-2-6-16-43)55-22-21-50-48-17-9-7-13-40(48)33-52(50)53(55)37-56(67)68/h1-22,30-31,35,46-47H,23-29,32-34,36-37H2,(H3,67,68)/p+1. The van der Waals surface area contributed by atoms with Gasteiger partial charge in [-0.2, -0.15) is 26.3 Å². The van der Waals surface area contributed by atoms with Crippen molar-refractivity contribution in [1.82, 2.24) is 4.90 Å². The molecule has 4 N–H and O–H groups in total. The Labute approximate surface area is 405 Å². The van der Waals surface area contributed by atoms with E-state index in [-0.39, 0.29) is 35.5 Å². The molecule has 7 aromatic carbocycles. The van der Waals surface area contributed by atoms with Gasteiger partial charge in [0.2, 0.25) is 5.84 Å². The van der Waals surface area contributed by atoms with Gasteiger partial charge in [-0.05, 0) is 154 Å². The average molecular weight is 946 g/mol. The molecule has 10 heteroatoms. The number of likely N-dealkylation sites (tertiary alicyclic amines) is 1. The highest BCUT2D eigenvalue weighted by molar-refractivity contribution is 5.85. The van der Waals surface area contributed by atoms with Crippen LogP contribution in [0.3, 0.4) is 0 Å². The van der Waals surface area contributed by atoms with Crippen molar-refractivity contribution in [2.24, 2.45) is 5.73 Å². The molecular formula is C60H55F6N4+. The topological polar surface area (TPSA) is 58.1 Å². The van der Waals surface area contributed by atoms with Crippen molar-refractivity contribution >= 4 is 11.5 Å². The summed E-state index contributed by atoms with van der Waals surface area (Å²) in [6.45, 7) is 2.42. The molecule has 0 bridgehead atoms. The van der Waals surface area contributed by atoms with Gasteiger partial charge in [-0.25, -0.2) is 0 Å². The van der Waals surface area contributed by atoms with Crippen molar-refractivity contribution in [3.05, 3.63) is 218 Å². The van der Waals surface area contributed by atoms with Gasteiger partial charge in [0, 0.05) is 36.2 Å². The first-order chi connectivity index (χ1) is 33.7. The number of amidine groups is 1. The van der Waals surface area contributed by atoms with E-state index in [9.17, 15) is 26.3 Å². The van der Waals surface area contributed by atoms with E-state index in [0.29, 0.717) is 25.2 Å². The molecule has 0 saturated carbocycles. The zero-order valence-electron chi connectivity index (χ0n) is 38.9. The van der Waals surface area contributed by atoms with E-state index in [1.54, 1.807) is 0 Å². The number of nitrogens with zero attached hydrogens (tertiary/aromatic N) is 2. The Hall–Kier alpha value is -6.65. The summed E-state index contributed by atoms with van der Waals surface area (Å²) in [5, 5.41) is 6.39. The van der Waals surface area contributed by atoms with Crippen LogP contribution >= 0.6 is 0 Å². The molecule has 70 heavy (non-hydrogen) atoms. The molecule has 356 valence electrons. The number of nitrogens with two attached hydrogens (primary N) is 2.